The van der Waals surface area contributed by atoms with Gasteiger partial charge in [0, 0.05) is 11.6 Å². The first-order chi connectivity index (χ1) is 9.43. The molecule has 6 heteroatoms. The van der Waals surface area contributed by atoms with Crippen LogP contribution >= 0.6 is 0 Å². The molecule has 0 radical (unpaired) electrons. The number of hydrogen-bond acceptors (Lipinski definition) is 6. The first kappa shape index (κ1) is 13.9. The average molecular weight is 278 g/mol. The molecular formula is C14H14O6. The Bertz CT molecular complexity index is 642. The second-order valence-corrected chi connectivity index (χ2v) is 4.43. The van der Waals surface area contributed by atoms with Crippen LogP contribution in [0.4, 0.5) is 0 Å². The third kappa shape index (κ3) is 1.80. The lowest BCUT2D eigenvalue weighted by molar-refractivity contribution is -0.112. The molecule has 0 bridgehead atoms. The number of aliphatic hydroxyl groups is 1. The molecule has 106 valence electrons. The minimum Gasteiger partial charge on any atom is -0.507 e. The van der Waals surface area contributed by atoms with Crippen molar-refractivity contribution in [1.29, 1.82) is 0 Å². The Balaban J connectivity index is 2.82. The molecule has 6 nitrogen and oxygen atoms in total. The van der Waals surface area contributed by atoms with Crippen molar-refractivity contribution in [3.63, 3.8) is 0 Å². The minimum absolute atomic E-state index is 0.0510. The Kier molecular flexibility index (Phi) is 3.40. The van der Waals surface area contributed by atoms with E-state index in [4.69, 9.17) is 4.74 Å². The Morgan fingerprint density at radius 2 is 1.75 bits per heavy atom. The van der Waals surface area contributed by atoms with Gasteiger partial charge in [0.2, 0.25) is 11.6 Å². The number of carbonyl (C=O) groups excluding carboxylic acids is 2. The summed E-state index contributed by atoms with van der Waals surface area (Å²) in [6, 6.07) is 1.08. The number of rotatable bonds is 3. The Hall–Kier alpha value is -2.50. The van der Waals surface area contributed by atoms with Crippen molar-refractivity contribution >= 4 is 17.3 Å². The highest BCUT2D eigenvalue weighted by Crippen LogP contribution is 2.44. The lowest BCUT2D eigenvalue weighted by Gasteiger charge is -2.20. The molecule has 1 aliphatic rings. The zero-order chi connectivity index (χ0) is 15.0. The Morgan fingerprint density at radius 1 is 1.10 bits per heavy atom. The van der Waals surface area contributed by atoms with Crippen LogP contribution in [-0.2, 0) is 4.79 Å². The molecule has 1 aromatic carbocycles. The first-order valence-corrected chi connectivity index (χ1v) is 6.08. The van der Waals surface area contributed by atoms with Crippen LogP contribution in [0, 0.1) is 0 Å². The van der Waals surface area contributed by atoms with Gasteiger partial charge in [0.1, 0.15) is 11.5 Å². The average Bonchev–Trinajstić information content (AvgIpc) is 2.42. The summed E-state index contributed by atoms with van der Waals surface area (Å²) in [5.41, 5.74) is -0.703. The van der Waals surface area contributed by atoms with Gasteiger partial charge in [-0.1, -0.05) is 13.3 Å². The van der Waals surface area contributed by atoms with E-state index in [0.717, 1.165) is 6.07 Å². The molecule has 0 aromatic heterocycles. The van der Waals surface area contributed by atoms with Gasteiger partial charge in [0.15, 0.2) is 11.5 Å². The van der Waals surface area contributed by atoms with Crippen molar-refractivity contribution in [2.45, 2.75) is 19.8 Å². The first-order valence-electron chi connectivity index (χ1n) is 6.08. The zero-order valence-corrected chi connectivity index (χ0v) is 11.1. The van der Waals surface area contributed by atoms with Gasteiger partial charge in [-0.05, 0) is 6.42 Å². The number of ketones is 2. The van der Waals surface area contributed by atoms with E-state index in [0.29, 0.717) is 6.42 Å². The van der Waals surface area contributed by atoms with Gasteiger partial charge in [0.05, 0.1) is 18.2 Å². The molecule has 0 spiro atoms. The predicted molar refractivity (Wildman–Crippen MR) is 70.1 cm³/mol. The Labute approximate surface area is 114 Å². The molecule has 3 N–H and O–H groups in total. The lowest BCUT2D eigenvalue weighted by atomic mass is 9.85. The van der Waals surface area contributed by atoms with Crippen molar-refractivity contribution in [3.8, 4) is 17.2 Å². The van der Waals surface area contributed by atoms with E-state index in [-0.39, 0.29) is 23.3 Å². The molecule has 0 heterocycles. The number of allylic oxidation sites excluding steroid dienone is 1. The molecule has 20 heavy (non-hydrogen) atoms. The summed E-state index contributed by atoms with van der Waals surface area (Å²) in [4.78, 5) is 24.0. The standard InChI is InChI=1S/C14H14O6/c1-3-4-6-11(16)9-7(15)5-8(20-2)13(18)10(9)14(19)12(6)17/h5,15-16,18H,3-4H2,1-2H3. The largest absolute Gasteiger partial charge is 0.507 e. The van der Waals surface area contributed by atoms with Crippen LogP contribution in [0.15, 0.2) is 11.6 Å². The van der Waals surface area contributed by atoms with Crippen LogP contribution in [0.25, 0.3) is 5.76 Å². The molecule has 0 saturated carbocycles. The molecule has 0 saturated heterocycles. The molecule has 1 aromatic rings. The van der Waals surface area contributed by atoms with E-state index in [1.165, 1.54) is 7.11 Å². The van der Waals surface area contributed by atoms with Crippen LogP contribution < -0.4 is 4.74 Å². The number of carbonyl (C=O) groups is 2. The van der Waals surface area contributed by atoms with E-state index < -0.39 is 34.4 Å². The van der Waals surface area contributed by atoms with Gasteiger partial charge in [-0.25, -0.2) is 0 Å². The normalized spacial score (nSPS) is 14.5. The van der Waals surface area contributed by atoms with Crippen LogP contribution in [0.2, 0.25) is 0 Å². The van der Waals surface area contributed by atoms with Crippen molar-refractivity contribution in [3.05, 3.63) is 22.8 Å². The topological polar surface area (TPSA) is 104 Å². The van der Waals surface area contributed by atoms with E-state index in [9.17, 15) is 24.9 Å². The fourth-order valence-corrected chi connectivity index (χ4v) is 2.24. The van der Waals surface area contributed by atoms with Gasteiger partial charge < -0.3 is 20.1 Å². The summed E-state index contributed by atoms with van der Waals surface area (Å²) in [5.74, 6) is -3.45. The van der Waals surface area contributed by atoms with Crippen molar-refractivity contribution < 1.29 is 29.6 Å². The van der Waals surface area contributed by atoms with Crippen molar-refractivity contribution in [2.75, 3.05) is 7.11 Å². The number of methoxy groups -OCH3 is 1. The van der Waals surface area contributed by atoms with Crippen LogP contribution in [-0.4, -0.2) is 34.0 Å². The van der Waals surface area contributed by atoms with E-state index in [1.807, 2.05) is 0 Å². The number of aromatic hydroxyl groups is 2. The van der Waals surface area contributed by atoms with Gasteiger partial charge in [-0.3, -0.25) is 9.59 Å². The second kappa shape index (κ2) is 4.88. The summed E-state index contributed by atoms with van der Waals surface area (Å²) in [5, 5.41) is 29.9. The highest BCUT2D eigenvalue weighted by atomic mass is 16.5. The second-order valence-electron chi connectivity index (χ2n) is 4.43. The molecule has 0 unspecified atom stereocenters. The van der Waals surface area contributed by atoms with Crippen molar-refractivity contribution in [2.24, 2.45) is 0 Å². The summed E-state index contributed by atoms with van der Waals surface area (Å²) >= 11 is 0. The van der Waals surface area contributed by atoms with Gasteiger partial charge >= 0.3 is 0 Å². The molecule has 0 amide bonds. The molecular weight excluding hydrogens is 264 g/mol. The highest BCUT2D eigenvalue weighted by molar-refractivity contribution is 6.53. The third-order valence-corrected chi connectivity index (χ3v) is 3.19. The summed E-state index contributed by atoms with van der Waals surface area (Å²) in [6.07, 6.45) is 0.763. The summed E-state index contributed by atoms with van der Waals surface area (Å²) < 4.78 is 4.81. The number of phenolic OH excluding ortho intramolecular Hbond substituents is 2. The lowest BCUT2D eigenvalue weighted by Crippen LogP contribution is -2.24. The molecule has 0 fully saturated rings. The maximum atomic E-state index is 12.1. The van der Waals surface area contributed by atoms with Crippen LogP contribution in [0.5, 0.6) is 17.2 Å². The molecule has 2 rings (SSSR count). The summed E-state index contributed by atoms with van der Waals surface area (Å²) in [7, 11) is 1.24. The maximum Gasteiger partial charge on any atom is 0.238 e. The van der Waals surface area contributed by atoms with E-state index in [1.54, 1.807) is 6.92 Å². The minimum atomic E-state index is -0.965. The van der Waals surface area contributed by atoms with Gasteiger partial charge in [-0.2, -0.15) is 0 Å². The fraction of sp³-hybridized carbons (Fsp3) is 0.286. The van der Waals surface area contributed by atoms with Gasteiger partial charge in [-0.15, -0.1) is 0 Å². The quantitative estimate of drug-likeness (QED) is 0.576. The van der Waals surface area contributed by atoms with Crippen LogP contribution in [0.3, 0.4) is 0 Å². The van der Waals surface area contributed by atoms with Crippen molar-refractivity contribution in [1.82, 2.24) is 0 Å². The number of hydrogen-bond donors (Lipinski definition) is 3. The number of benzene rings is 1. The smallest absolute Gasteiger partial charge is 0.238 e. The predicted octanol–water partition coefficient (Wildman–Crippen LogP) is 1.94. The van der Waals surface area contributed by atoms with Gasteiger partial charge in [0.25, 0.3) is 0 Å². The SMILES string of the molecule is CCCC1=C(O)c2c(O)cc(OC)c(O)c2C(=O)C1=O. The number of phenols is 2. The molecule has 0 aliphatic heterocycles. The fourth-order valence-electron chi connectivity index (χ4n) is 2.24. The summed E-state index contributed by atoms with van der Waals surface area (Å²) in [6.45, 7) is 1.79. The third-order valence-electron chi connectivity index (χ3n) is 3.19. The number of ether oxygens (including phenoxy) is 1. The number of Topliss-reactive ketones (excluding diaryl/α,β-unsaturated/α-hetero) is 2. The highest BCUT2D eigenvalue weighted by Gasteiger charge is 2.37. The molecule has 1 aliphatic carbocycles. The zero-order valence-electron chi connectivity index (χ0n) is 11.1. The molecule has 0 atom stereocenters. The number of fused-ring (bicyclic) bond motifs is 1. The monoisotopic (exact) mass is 278 g/mol. The van der Waals surface area contributed by atoms with E-state index in [2.05, 4.69) is 0 Å². The Morgan fingerprint density at radius 3 is 2.30 bits per heavy atom. The van der Waals surface area contributed by atoms with E-state index >= 15 is 0 Å². The number of aliphatic hydroxyl groups excluding tert-OH is 1. The van der Waals surface area contributed by atoms with Crippen LogP contribution in [0.1, 0.15) is 35.7 Å². The maximum absolute atomic E-state index is 12.1.